The van der Waals surface area contributed by atoms with Gasteiger partial charge in [-0.2, -0.15) is 0 Å². The number of nitrogens with zero attached hydrogens (tertiary/aromatic N) is 5. The maximum absolute atomic E-state index is 12.2. The van der Waals surface area contributed by atoms with Gasteiger partial charge in [0.05, 0.1) is 17.1 Å². The topological polar surface area (TPSA) is 75.9 Å². The van der Waals surface area contributed by atoms with E-state index in [1.165, 1.54) is 10.9 Å². The van der Waals surface area contributed by atoms with E-state index >= 15 is 0 Å². The highest BCUT2D eigenvalue weighted by atomic mass is 16.2. The van der Waals surface area contributed by atoms with Crippen LogP contribution in [0.1, 0.15) is 31.4 Å². The first kappa shape index (κ1) is 23.2. The molecule has 5 aromatic rings. The van der Waals surface area contributed by atoms with E-state index in [9.17, 15) is 4.79 Å². The first-order valence-corrected chi connectivity index (χ1v) is 12.8. The summed E-state index contributed by atoms with van der Waals surface area (Å²) in [5, 5.41) is 5.03. The first-order valence-electron chi connectivity index (χ1n) is 12.8. The number of aromatic nitrogens is 4. The van der Waals surface area contributed by atoms with Gasteiger partial charge in [0.2, 0.25) is 5.91 Å². The van der Waals surface area contributed by atoms with Crippen LogP contribution < -0.4 is 5.32 Å². The van der Waals surface area contributed by atoms with Crippen LogP contribution in [-0.4, -0.2) is 43.4 Å². The highest BCUT2D eigenvalue weighted by Gasteiger charge is 2.30. The van der Waals surface area contributed by atoms with Crippen LogP contribution in [0.15, 0.2) is 79.5 Å². The summed E-state index contributed by atoms with van der Waals surface area (Å²) in [4.78, 5) is 27.9. The summed E-state index contributed by atoms with van der Waals surface area (Å²) in [6, 6.07) is 17.0. The molecule has 2 atom stereocenters. The van der Waals surface area contributed by atoms with Crippen LogP contribution in [0.5, 0.6) is 0 Å². The molecule has 0 aliphatic carbocycles. The van der Waals surface area contributed by atoms with Crippen LogP contribution in [0.4, 0.5) is 5.69 Å². The molecule has 0 bridgehead atoms. The van der Waals surface area contributed by atoms with Gasteiger partial charge in [0.15, 0.2) is 0 Å². The van der Waals surface area contributed by atoms with Gasteiger partial charge in [0.1, 0.15) is 0 Å². The van der Waals surface area contributed by atoms with E-state index in [4.69, 9.17) is 4.98 Å². The summed E-state index contributed by atoms with van der Waals surface area (Å²) in [5.74, 6) is 0.400. The standard InChI is InChI=1S/C30H30N6O/c1-20(37)36-13-4-6-24(19-36)29(23-5-3-10-31-18-23)34-25-16-26(30-27(17-25)32-11-12-33-30)22-8-7-21-9-14-35(2)28(21)15-22/h3,5,7-12,14-18,24,29,34H,4,6,13,19H2,1-2H3/t24-,29?/m1/s1. The summed E-state index contributed by atoms with van der Waals surface area (Å²) in [7, 11) is 2.06. The van der Waals surface area contributed by atoms with Crippen LogP contribution in [0.2, 0.25) is 0 Å². The maximum atomic E-state index is 12.2. The zero-order valence-corrected chi connectivity index (χ0v) is 21.1. The molecule has 0 saturated carbocycles. The van der Waals surface area contributed by atoms with Crippen LogP contribution in [0.25, 0.3) is 33.1 Å². The minimum Gasteiger partial charge on any atom is -0.378 e. The molecule has 0 radical (unpaired) electrons. The molecule has 6 rings (SSSR count). The molecular weight excluding hydrogens is 460 g/mol. The minimum absolute atomic E-state index is 0.00757. The lowest BCUT2D eigenvalue weighted by Crippen LogP contribution is -2.41. The number of likely N-dealkylation sites (tertiary alicyclic amines) is 1. The molecule has 1 unspecified atom stereocenters. The molecule has 37 heavy (non-hydrogen) atoms. The normalized spacial score (nSPS) is 16.7. The van der Waals surface area contributed by atoms with Gasteiger partial charge in [-0.3, -0.25) is 19.7 Å². The summed E-state index contributed by atoms with van der Waals surface area (Å²) >= 11 is 0. The van der Waals surface area contributed by atoms with E-state index in [0.29, 0.717) is 0 Å². The van der Waals surface area contributed by atoms with Crippen molar-refractivity contribution in [2.45, 2.75) is 25.8 Å². The Hall–Kier alpha value is -4.26. The Morgan fingerprint density at radius 1 is 1.08 bits per heavy atom. The number of carbonyl (C=O) groups is 1. The van der Waals surface area contributed by atoms with Crippen molar-refractivity contribution in [3.05, 3.63) is 85.1 Å². The fraction of sp³-hybridized carbons (Fsp3) is 0.267. The zero-order chi connectivity index (χ0) is 25.4. The predicted octanol–water partition coefficient (Wildman–Crippen LogP) is 5.60. The number of carbonyl (C=O) groups excluding carboxylic acids is 1. The number of rotatable bonds is 5. The van der Waals surface area contributed by atoms with E-state index in [1.54, 1.807) is 25.5 Å². The molecule has 2 aromatic carbocycles. The van der Waals surface area contributed by atoms with Crippen molar-refractivity contribution in [3.63, 3.8) is 0 Å². The SMILES string of the molecule is CC(=O)N1CCC[C@@H](C(Nc2cc(-c3ccc4ccn(C)c4c3)c3nccnc3c2)c2cccnc2)C1. The monoisotopic (exact) mass is 490 g/mol. The molecule has 3 aromatic heterocycles. The third kappa shape index (κ3) is 4.53. The number of nitrogens with one attached hydrogen (secondary N) is 1. The van der Waals surface area contributed by atoms with Crippen molar-refractivity contribution in [1.29, 1.82) is 0 Å². The van der Waals surface area contributed by atoms with E-state index < -0.39 is 0 Å². The maximum Gasteiger partial charge on any atom is 0.219 e. The molecule has 1 fully saturated rings. The number of pyridine rings is 1. The fourth-order valence-electron chi connectivity index (χ4n) is 5.59. The smallest absolute Gasteiger partial charge is 0.219 e. The van der Waals surface area contributed by atoms with Crippen molar-refractivity contribution >= 4 is 33.5 Å². The molecule has 186 valence electrons. The van der Waals surface area contributed by atoms with Gasteiger partial charge in [0.25, 0.3) is 0 Å². The van der Waals surface area contributed by atoms with Crippen molar-refractivity contribution in [2.24, 2.45) is 13.0 Å². The average molecular weight is 491 g/mol. The Morgan fingerprint density at radius 2 is 1.97 bits per heavy atom. The Kier molecular flexibility index (Phi) is 6.04. The largest absolute Gasteiger partial charge is 0.378 e. The molecule has 1 saturated heterocycles. The van der Waals surface area contributed by atoms with Gasteiger partial charge < -0.3 is 14.8 Å². The van der Waals surface area contributed by atoms with Gasteiger partial charge in [0, 0.05) is 80.7 Å². The van der Waals surface area contributed by atoms with E-state index in [2.05, 4.69) is 75.6 Å². The quantitative estimate of drug-likeness (QED) is 0.347. The van der Waals surface area contributed by atoms with E-state index in [0.717, 1.165) is 59.3 Å². The van der Waals surface area contributed by atoms with Crippen LogP contribution >= 0.6 is 0 Å². The predicted molar refractivity (Wildman–Crippen MR) is 147 cm³/mol. The average Bonchev–Trinajstić information content (AvgIpc) is 3.31. The highest BCUT2D eigenvalue weighted by Crippen LogP contribution is 2.36. The molecule has 1 amide bonds. The van der Waals surface area contributed by atoms with Crippen LogP contribution in [0, 0.1) is 5.92 Å². The van der Waals surface area contributed by atoms with Crippen LogP contribution in [-0.2, 0) is 11.8 Å². The van der Waals surface area contributed by atoms with Crippen molar-refractivity contribution < 1.29 is 4.79 Å². The highest BCUT2D eigenvalue weighted by molar-refractivity contribution is 5.97. The van der Waals surface area contributed by atoms with E-state index in [-0.39, 0.29) is 17.9 Å². The van der Waals surface area contributed by atoms with Gasteiger partial charge >= 0.3 is 0 Å². The summed E-state index contributed by atoms with van der Waals surface area (Å²) < 4.78 is 2.14. The van der Waals surface area contributed by atoms with Crippen LogP contribution in [0.3, 0.4) is 0 Å². The first-order chi connectivity index (χ1) is 18.1. The number of anilines is 1. The number of piperidine rings is 1. The van der Waals surface area contributed by atoms with Gasteiger partial charge in [-0.1, -0.05) is 18.2 Å². The lowest BCUT2D eigenvalue weighted by atomic mass is 9.86. The molecule has 0 spiro atoms. The van der Waals surface area contributed by atoms with Gasteiger partial charge in [-0.05, 0) is 59.7 Å². The number of hydrogen-bond donors (Lipinski definition) is 1. The number of fused-ring (bicyclic) bond motifs is 2. The second-order valence-electron chi connectivity index (χ2n) is 9.92. The Balaban J connectivity index is 1.43. The third-order valence-electron chi connectivity index (χ3n) is 7.51. The molecule has 7 nitrogen and oxygen atoms in total. The number of hydrogen-bond acceptors (Lipinski definition) is 5. The summed E-state index contributed by atoms with van der Waals surface area (Å²) in [5.41, 5.74) is 7.12. The van der Waals surface area contributed by atoms with Crippen molar-refractivity contribution in [2.75, 3.05) is 18.4 Å². The Bertz CT molecular complexity index is 1580. The van der Waals surface area contributed by atoms with Crippen molar-refractivity contribution in [3.8, 4) is 11.1 Å². The molecule has 7 heteroatoms. The molecular formula is C30H30N6O. The lowest BCUT2D eigenvalue weighted by molar-refractivity contribution is -0.130. The molecule has 1 aliphatic heterocycles. The molecule has 1 aliphatic rings. The third-order valence-corrected chi connectivity index (χ3v) is 7.51. The Labute approximate surface area is 216 Å². The molecule has 1 N–H and O–H groups in total. The van der Waals surface area contributed by atoms with Gasteiger partial charge in [-0.15, -0.1) is 0 Å². The fourth-order valence-corrected chi connectivity index (χ4v) is 5.59. The number of aryl methyl sites for hydroxylation is 1. The van der Waals surface area contributed by atoms with E-state index in [1.807, 2.05) is 17.2 Å². The second-order valence-corrected chi connectivity index (χ2v) is 9.92. The molecule has 4 heterocycles. The number of benzene rings is 2. The minimum atomic E-state index is 0.00757. The van der Waals surface area contributed by atoms with Crippen molar-refractivity contribution in [1.82, 2.24) is 24.4 Å². The van der Waals surface area contributed by atoms with Gasteiger partial charge in [-0.25, -0.2) is 0 Å². The second kappa shape index (κ2) is 9.65. The lowest BCUT2D eigenvalue weighted by Gasteiger charge is -2.37. The summed E-state index contributed by atoms with van der Waals surface area (Å²) in [6.45, 7) is 3.21. The Morgan fingerprint density at radius 3 is 2.81 bits per heavy atom. The zero-order valence-electron chi connectivity index (χ0n) is 21.1. The number of amides is 1. The summed E-state index contributed by atoms with van der Waals surface area (Å²) in [6.07, 6.45) is 11.3.